The molecule has 1 N–H and O–H groups in total. The van der Waals surface area contributed by atoms with Gasteiger partial charge in [-0.2, -0.15) is 14.9 Å². The molecule has 0 amide bonds. The number of nitrogens with one attached hydrogen (secondary N) is 1. The summed E-state index contributed by atoms with van der Waals surface area (Å²) < 4.78 is 2.82. The number of benzene rings is 2. The van der Waals surface area contributed by atoms with Crippen molar-refractivity contribution in [3.63, 3.8) is 0 Å². The Labute approximate surface area is 155 Å². The minimum absolute atomic E-state index is 0.370. The Kier molecular flexibility index (Phi) is 4.96. The zero-order valence-electron chi connectivity index (χ0n) is 11.5. The van der Waals surface area contributed by atoms with E-state index in [0.29, 0.717) is 26.2 Å². The second-order valence-electron chi connectivity index (χ2n) is 4.55. The van der Waals surface area contributed by atoms with E-state index in [1.165, 1.54) is 4.68 Å². The molecule has 0 atom stereocenters. The molecule has 0 unspecified atom stereocenters. The number of hydrogen-bond acceptors (Lipinski definition) is 3. The quantitative estimate of drug-likeness (QED) is 0.439. The van der Waals surface area contributed by atoms with Crippen LogP contribution in [0.15, 0.2) is 52.0 Å². The monoisotopic (exact) mass is 426 g/mol. The SMILES string of the molecule is S=c1[nH]nc(-c2ccc(Cl)cc2Cl)n1N=Cc1ccccc1Br. The second kappa shape index (κ2) is 6.97. The molecule has 0 aliphatic rings. The van der Waals surface area contributed by atoms with Gasteiger partial charge in [-0.05, 0) is 36.5 Å². The number of H-pyrrole nitrogens is 1. The van der Waals surface area contributed by atoms with E-state index in [9.17, 15) is 0 Å². The predicted molar refractivity (Wildman–Crippen MR) is 100 cm³/mol. The topological polar surface area (TPSA) is 46.0 Å². The zero-order valence-corrected chi connectivity index (χ0v) is 15.4. The lowest BCUT2D eigenvalue weighted by Gasteiger charge is -2.04. The summed E-state index contributed by atoms with van der Waals surface area (Å²) in [5.74, 6) is 0.514. The number of hydrogen-bond donors (Lipinski definition) is 1. The van der Waals surface area contributed by atoms with Crippen molar-refractivity contribution in [2.45, 2.75) is 0 Å². The van der Waals surface area contributed by atoms with E-state index in [2.05, 4.69) is 31.2 Å². The van der Waals surface area contributed by atoms with Gasteiger partial charge in [-0.1, -0.05) is 57.3 Å². The summed E-state index contributed by atoms with van der Waals surface area (Å²) in [5, 5.41) is 12.4. The molecule has 1 heterocycles. The van der Waals surface area contributed by atoms with Crippen LogP contribution in [0.5, 0.6) is 0 Å². The maximum absolute atomic E-state index is 6.24. The van der Waals surface area contributed by atoms with Gasteiger partial charge < -0.3 is 0 Å². The van der Waals surface area contributed by atoms with Gasteiger partial charge in [0, 0.05) is 20.6 Å². The summed E-state index contributed by atoms with van der Waals surface area (Å²) in [7, 11) is 0. The van der Waals surface area contributed by atoms with Gasteiger partial charge in [0.15, 0.2) is 5.82 Å². The van der Waals surface area contributed by atoms with Gasteiger partial charge >= 0.3 is 0 Å². The van der Waals surface area contributed by atoms with Crippen LogP contribution in [0, 0.1) is 4.77 Å². The molecule has 3 rings (SSSR count). The third kappa shape index (κ3) is 3.55. The molecule has 1 aromatic heterocycles. The zero-order chi connectivity index (χ0) is 16.4. The Morgan fingerprint density at radius 2 is 2.00 bits per heavy atom. The Morgan fingerprint density at radius 1 is 1.22 bits per heavy atom. The molecule has 0 aliphatic carbocycles. The lowest BCUT2D eigenvalue weighted by molar-refractivity contribution is 0.871. The van der Waals surface area contributed by atoms with E-state index in [-0.39, 0.29) is 0 Å². The van der Waals surface area contributed by atoms with Crippen LogP contribution in [-0.2, 0) is 0 Å². The van der Waals surface area contributed by atoms with Gasteiger partial charge in [0.2, 0.25) is 4.77 Å². The van der Waals surface area contributed by atoms with Gasteiger partial charge in [-0.25, -0.2) is 5.10 Å². The molecule has 23 heavy (non-hydrogen) atoms. The Bertz CT molecular complexity index is 949. The third-order valence-electron chi connectivity index (χ3n) is 3.04. The summed E-state index contributed by atoms with van der Waals surface area (Å²) >= 11 is 20.9. The highest BCUT2D eigenvalue weighted by molar-refractivity contribution is 9.10. The number of aromatic amines is 1. The summed E-state index contributed by atoms with van der Waals surface area (Å²) in [6, 6.07) is 12.9. The Balaban J connectivity index is 2.06. The maximum atomic E-state index is 6.24. The van der Waals surface area contributed by atoms with E-state index in [1.54, 1.807) is 24.4 Å². The van der Waals surface area contributed by atoms with Crippen molar-refractivity contribution in [1.82, 2.24) is 14.9 Å². The molecule has 0 fully saturated rings. The Morgan fingerprint density at radius 3 is 2.74 bits per heavy atom. The van der Waals surface area contributed by atoms with Crippen LogP contribution in [0.1, 0.15) is 5.56 Å². The van der Waals surface area contributed by atoms with Crippen molar-refractivity contribution in [2.75, 3.05) is 0 Å². The highest BCUT2D eigenvalue weighted by atomic mass is 79.9. The summed E-state index contributed by atoms with van der Waals surface area (Å²) in [4.78, 5) is 0. The first kappa shape index (κ1) is 16.4. The molecule has 0 bridgehead atoms. The molecule has 0 aliphatic heterocycles. The van der Waals surface area contributed by atoms with E-state index >= 15 is 0 Å². The molecule has 0 saturated carbocycles. The van der Waals surface area contributed by atoms with Crippen LogP contribution in [0.3, 0.4) is 0 Å². The third-order valence-corrected chi connectivity index (χ3v) is 4.57. The van der Waals surface area contributed by atoms with E-state index in [0.717, 1.165) is 10.0 Å². The van der Waals surface area contributed by atoms with Crippen LogP contribution in [0.25, 0.3) is 11.4 Å². The first-order valence-corrected chi connectivity index (χ1v) is 8.43. The van der Waals surface area contributed by atoms with Gasteiger partial charge in [-0.15, -0.1) is 0 Å². The van der Waals surface area contributed by atoms with Crippen LogP contribution < -0.4 is 0 Å². The standard InChI is InChI=1S/C15H9BrCl2N4S/c16-12-4-2-1-3-9(12)8-19-22-14(20-21-15(22)23)11-6-5-10(17)7-13(11)18/h1-8H,(H,21,23). The van der Waals surface area contributed by atoms with Crippen molar-refractivity contribution in [3.05, 3.63) is 67.3 Å². The van der Waals surface area contributed by atoms with E-state index < -0.39 is 0 Å². The predicted octanol–water partition coefficient (Wildman–Crippen LogP) is 5.56. The second-order valence-corrected chi connectivity index (χ2v) is 6.64. The molecule has 0 radical (unpaired) electrons. The number of halogens is 3. The number of nitrogens with zero attached hydrogens (tertiary/aromatic N) is 3. The van der Waals surface area contributed by atoms with Gasteiger partial charge in [0.1, 0.15) is 0 Å². The minimum Gasteiger partial charge on any atom is -0.250 e. The summed E-state index contributed by atoms with van der Waals surface area (Å²) in [6.07, 6.45) is 1.70. The lowest BCUT2D eigenvalue weighted by Crippen LogP contribution is -1.96. The van der Waals surface area contributed by atoms with Crippen molar-refractivity contribution >= 4 is 57.6 Å². The van der Waals surface area contributed by atoms with Gasteiger partial charge in [0.25, 0.3) is 0 Å². The largest absolute Gasteiger partial charge is 0.250 e. The normalized spacial score (nSPS) is 11.3. The molecule has 2 aromatic carbocycles. The average molecular weight is 428 g/mol. The van der Waals surface area contributed by atoms with E-state index in [1.807, 2.05) is 24.3 Å². The van der Waals surface area contributed by atoms with Crippen LogP contribution in [-0.4, -0.2) is 21.1 Å². The molecule has 0 spiro atoms. The summed E-state index contributed by atoms with van der Waals surface area (Å²) in [5.41, 5.74) is 1.61. The van der Waals surface area contributed by atoms with Crippen molar-refractivity contribution in [1.29, 1.82) is 0 Å². The molecular weight excluding hydrogens is 419 g/mol. The Hall–Kier alpha value is -1.47. The number of rotatable bonds is 3. The smallest absolute Gasteiger partial charge is 0.216 e. The maximum Gasteiger partial charge on any atom is 0.216 e. The van der Waals surface area contributed by atoms with Gasteiger partial charge in [-0.3, -0.25) is 0 Å². The van der Waals surface area contributed by atoms with Crippen LogP contribution in [0.2, 0.25) is 10.0 Å². The molecule has 3 aromatic rings. The first-order chi connectivity index (χ1) is 11.1. The fraction of sp³-hybridized carbons (Fsp3) is 0. The van der Waals surface area contributed by atoms with Crippen LogP contribution >= 0.6 is 51.3 Å². The van der Waals surface area contributed by atoms with Gasteiger partial charge in [0.05, 0.1) is 11.2 Å². The average Bonchev–Trinajstić information content (AvgIpc) is 2.87. The molecule has 0 saturated heterocycles. The highest BCUT2D eigenvalue weighted by Crippen LogP contribution is 2.29. The fourth-order valence-electron chi connectivity index (χ4n) is 1.94. The lowest BCUT2D eigenvalue weighted by atomic mass is 10.2. The highest BCUT2D eigenvalue weighted by Gasteiger charge is 2.12. The molecule has 8 heteroatoms. The molecular formula is C15H9BrCl2N4S. The van der Waals surface area contributed by atoms with E-state index in [4.69, 9.17) is 35.4 Å². The fourth-order valence-corrected chi connectivity index (χ4v) is 3.00. The van der Waals surface area contributed by atoms with Crippen molar-refractivity contribution in [2.24, 2.45) is 5.10 Å². The number of aromatic nitrogens is 3. The van der Waals surface area contributed by atoms with Crippen molar-refractivity contribution < 1.29 is 0 Å². The molecule has 116 valence electrons. The molecule has 4 nitrogen and oxygen atoms in total. The minimum atomic E-state index is 0.370. The first-order valence-electron chi connectivity index (χ1n) is 6.48. The van der Waals surface area contributed by atoms with Crippen molar-refractivity contribution in [3.8, 4) is 11.4 Å². The summed E-state index contributed by atoms with van der Waals surface area (Å²) in [6.45, 7) is 0. The van der Waals surface area contributed by atoms with Crippen LogP contribution in [0.4, 0.5) is 0 Å².